The van der Waals surface area contributed by atoms with E-state index in [1.807, 2.05) is 0 Å². The summed E-state index contributed by atoms with van der Waals surface area (Å²) in [6, 6.07) is -0.564. The molecule has 3 amide bonds. The number of halogens is 3. The molecular weight excluding hydrogens is 240 g/mol. The molecule has 13 heavy (non-hydrogen) atoms. The molecule has 0 rings (SSSR count). The molecule has 0 heterocycles. The third-order valence-electron chi connectivity index (χ3n) is 1.06. The highest BCUT2D eigenvalue weighted by Gasteiger charge is 2.33. The van der Waals surface area contributed by atoms with Gasteiger partial charge in [0.2, 0.25) is 10.2 Å². The standard InChI is InChI=1S/C5H8Cl3N3O2/c1-9-4(13)11-3(10-2-12)5(6,7)8/h2-3H,1H3,(H,10,12)(H2,9,11,13). The summed E-state index contributed by atoms with van der Waals surface area (Å²) in [7, 11) is 1.39. The largest absolute Gasteiger partial charge is 0.341 e. The fourth-order valence-electron chi connectivity index (χ4n) is 0.489. The van der Waals surface area contributed by atoms with Crippen LogP contribution in [0.3, 0.4) is 0 Å². The molecule has 0 bridgehead atoms. The molecule has 0 spiro atoms. The van der Waals surface area contributed by atoms with Gasteiger partial charge in [-0.3, -0.25) is 4.79 Å². The van der Waals surface area contributed by atoms with Crippen LogP contribution in [-0.4, -0.2) is 29.4 Å². The van der Waals surface area contributed by atoms with Gasteiger partial charge < -0.3 is 16.0 Å². The average Bonchev–Trinajstić information content (AvgIpc) is 2.01. The zero-order valence-corrected chi connectivity index (χ0v) is 8.87. The molecule has 0 aromatic heterocycles. The highest BCUT2D eigenvalue weighted by Crippen LogP contribution is 2.28. The molecule has 0 radical (unpaired) electrons. The SMILES string of the molecule is CNC(=O)NC(NC=O)C(Cl)(Cl)Cl. The van der Waals surface area contributed by atoms with E-state index >= 15 is 0 Å². The van der Waals surface area contributed by atoms with Crippen molar-refractivity contribution in [3.63, 3.8) is 0 Å². The molecular formula is C5H8Cl3N3O2. The first-order chi connectivity index (χ1) is 5.91. The Bertz CT molecular complexity index is 194. The molecule has 1 unspecified atom stereocenters. The summed E-state index contributed by atoms with van der Waals surface area (Å²) in [5.41, 5.74) is 0. The Morgan fingerprint density at radius 1 is 1.46 bits per heavy atom. The van der Waals surface area contributed by atoms with Crippen molar-refractivity contribution in [1.29, 1.82) is 0 Å². The predicted octanol–water partition coefficient (Wildman–Crippen LogP) is 0.358. The van der Waals surface area contributed by atoms with E-state index in [0.717, 1.165) is 0 Å². The molecule has 5 nitrogen and oxygen atoms in total. The molecule has 0 aliphatic carbocycles. The molecule has 0 saturated carbocycles. The summed E-state index contributed by atoms with van der Waals surface area (Å²) in [4.78, 5) is 20.9. The molecule has 0 aliphatic heterocycles. The van der Waals surface area contributed by atoms with Gasteiger partial charge in [0.05, 0.1) is 0 Å². The number of urea groups is 1. The molecule has 0 saturated heterocycles. The third-order valence-corrected chi connectivity index (χ3v) is 1.72. The number of carbonyl (C=O) groups is 2. The Labute approximate surface area is 90.1 Å². The van der Waals surface area contributed by atoms with Crippen molar-refractivity contribution in [1.82, 2.24) is 16.0 Å². The van der Waals surface area contributed by atoms with Gasteiger partial charge in [0.15, 0.2) is 6.17 Å². The van der Waals surface area contributed by atoms with Crippen LogP contribution >= 0.6 is 34.8 Å². The van der Waals surface area contributed by atoms with Crippen LogP contribution in [0.5, 0.6) is 0 Å². The number of hydrogen-bond donors (Lipinski definition) is 3. The lowest BCUT2D eigenvalue weighted by molar-refractivity contribution is -0.110. The minimum atomic E-state index is -1.80. The van der Waals surface area contributed by atoms with Crippen LogP contribution < -0.4 is 16.0 Å². The first-order valence-electron chi connectivity index (χ1n) is 3.16. The summed E-state index contributed by atoms with van der Waals surface area (Å²) < 4.78 is -1.80. The van der Waals surface area contributed by atoms with Crippen molar-refractivity contribution in [2.24, 2.45) is 0 Å². The zero-order valence-electron chi connectivity index (χ0n) is 6.61. The van der Waals surface area contributed by atoms with Crippen molar-refractivity contribution >= 4 is 47.2 Å². The van der Waals surface area contributed by atoms with Gasteiger partial charge in [-0.25, -0.2) is 4.79 Å². The Hall–Kier alpha value is -0.390. The monoisotopic (exact) mass is 247 g/mol. The van der Waals surface area contributed by atoms with Crippen LogP contribution in [0.25, 0.3) is 0 Å². The molecule has 76 valence electrons. The van der Waals surface area contributed by atoms with Crippen LogP contribution in [0.4, 0.5) is 4.79 Å². The van der Waals surface area contributed by atoms with Gasteiger partial charge in [-0.15, -0.1) is 0 Å². The van der Waals surface area contributed by atoms with Crippen molar-refractivity contribution in [3.8, 4) is 0 Å². The van der Waals surface area contributed by atoms with E-state index in [0.29, 0.717) is 6.41 Å². The minimum Gasteiger partial charge on any atom is -0.341 e. The van der Waals surface area contributed by atoms with Crippen molar-refractivity contribution in [2.45, 2.75) is 9.96 Å². The van der Waals surface area contributed by atoms with Gasteiger partial charge >= 0.3 is 6.03 Å². The van der Waals surface area contributed by atoms with E-state index in [9.17, 15) is 9.59 Å². The molecule has 0 aliphatic rings. The van der Waals surface area contributed by atoms with Crippen LogP contribution in [0.1, 0.15) is 0 Å². The van der Waals surface area contributed by atoms with Crippen LogP contribution in [0.2, 0.25) is 0 Å². The van der Waals surface area contributed by atoms with E-state index in [-0.39, 0.29) is 0 Å². The summed E-state index contributed by atoms with van der Waals surface area (Å²) in [6.45, 7) is 0. The maximum atomic E-state index is 10.8. The van der Waals surface area contributed by atoms with Gasteiger partial charge in [0, 0.05) is 7.05 Å². The van der Waals surface area contributed by atoms with Crippen molar-refractivity contribution < 1.29 is 9.59 Å². The van der Waals surface area contributed by atoms with Gasteiger partial charge in [-0.1, -0.05) is 34.8 Å². The first-order valence-corrected chi connectivity index (χ1v) is 4.30. The summed E-state index contributed by atoms with van der Waals surface area (Å²) in [5, 5.41) is 6.60. The highest BCUT2D eigenvalue weighted by molar-refractivity contribution is 6.68. The van der Waals surface area contributed by atoms with Gasteiger partial charge in [-0.2, -0.15) is 0 Å². The number of hydrogen-bond acceptors (Lipinski definition) is 2. The zero-order chi connectivity index (χ0) is 10.5. The molecule has 0 aromatic carbocycles. The third kappa shape index (κ3) is 5.02. The molecule has 8 heteroatoms. The second-order valence-corrected chi connectivity index (χ2v) is 4.35. The molecule has 3 N–H and O–H groups in total. The summed E-state index contributed by atoms with van der Waals surface area (Å²) >= 11 is 16.3. The maximum Gasteiger partial charge on any atom is 0.316 e. The van der Waals surface area contributed by atoms with Crippen LogP contribution in [0.15, 0.2) is 0 Å². The first kappa shape index (κ1) is 12.6. The summed E-state index contributed by atoms with van der Waals surface area (Å²) in [5.74, 6) is 0. The van der Waals surface area contributed by atoms with Crippen molar-refractivity contribution in [2.75, 3.05) is 7.05 Å². The number of amides is 3. The number of carbonyl (C=O) groups excluding carboxylic acids is 2. The van der Waals surface area contributed by atoms with E-state index in [4.69, 9.17) is 34.8 Å². The molecule has 0 aromatic rings. The van der Waals surface area contributed by atoms with Gasteiger partial charge in [0.25, 0.3) is 0 Å². The fraction of sp³-hybridized carbons (Fsp3) is 0.600. The second-order valence-electron chi connectivity index (χ2n) is 1.98. The average molecular weight is 248 g/mol. The van der Waals surface area contributed by atoms with Crippen LogP contribution in [0, 0.1) is 0 Å². The lowest BCUT2D eigenvalue weighted by Crippen LogP contribution is -2.55. The Morgan fingerprint density at radius 3 is 2.31 bits per heavy atom. The van der Waals surface area contributed by atoms with Crippen molar-refractivity contribution in [3.05, 3.63) is 0 Å². The topological polar surface area (TPSA) is 70.2 Å². The normalized spacial score (nSPS) is 12.9. The molecule has 0 fully saturated rings. The number of alkyl halides is 3. The number of rotatable bonds is 3. The number of nitrogens with one attached hydrogen (secondary N) is 3. The maximum absolute atomic E-state index is 10.8. The Balaban J connectivity index is 4.26. The fourth-order valence-corrected chi connectivity index (χ4v) is 0.842. The summed E-state index contributed by atoms with van der Waals surface area (Å²) in [6.07, 6.45) is -0.752. The Morgan fingerprint density at radius 2 is 2.00 bits per heavy atom. The Kier molecular flexibility index (Phi) is 5.20. The smallest absolute Gasteiger partial charge is 0.316 e. The predicted molar refractivity (Wildman–Crippen MR) is 50.9 cm³/mol. The van der Waals surface area contributed by atoms with Gasteiger partial charge in [0.1, 0.15) is 0 Å². The second kappa shape index (κ2) is 5.36. The lowest BCUT2D eigenvalue weighted by atomic mass is 10.5. The van der Waals surface area contributed by atoms with E-state index in [1.165, 1.54) is 7.05 Å². The quantitative estimate of drug-likeness (QED) is 0.383. The lowest BCUT2D eigenvalue weighted by Gasteiger charge is -2.24. The van der Waals surface area contributed by atoms with Crippen LogP contribution in [-0.2, 0) is 4.79 Å². The van der Waals surface area contributed by atoms with E-state index in [1.54, 1.807) is 0 Å². The van der Waals surface area contributed by atoms with E-state index in [2.05, 4.69) is 16.0 Å². The highest BCUT2D eigenvalue weighted by atomic mass is 35.6. The molecule has 1 atom stereocenters. The van der Waals surface area contributed by atoms with E-state index < -0.39 is 16.0 Å². The van der Waals surface area contributed by atoms with Gasteiger partial charge in [-0.05, 0) is 0 Å². The minimum absolute atomic E-state index is 0.322.